The number of aromatic nitrogens is 3. The molecule has 1 N–H and O–H groups in total. The molecule has 1 aliphatic rings. The van der Waals surface area contributed by atoms with E-state index < -0.39 is 0 Å². The lowest BCUT2D eigenvalue weighted by Gasteiger charge is -2.28. The van der Waals surface area contributed by atoms with Gasteiger partial charge in [-0.1, -0.05) is 66.4 Å². The van der Waals surface area contributed by atoms with Gasteiger partial charge in [0.05, 0.1) is 30.7 Å². The van der Waals surface area contributed by atoms with E-state index in [0.717, 1.165) is 41.2 Å². The molecule has 0 saturated carbocycles. The standard InChI is InChI=1S/C27H29N5O2S/c1-19-7-5-10-22(17-19)32-26(31-13-15-34-16-14-31)29-30-27(32)35-18-25(33)28-20(2)23-12-6-9-21-8-3-4-11-24(21)23/h3-12,17,20H,13-16,18H2,1-2H3,(H,28,33). The van der Waals surface area contributed by atoms with Crippen LogP contribution in [-0.2, 0) is 9.53 Å². The van der Waals surface area contributed by atoms with Crippen molar-refractivity contribution in [3.8, 4) is 5.69 Å². The van der Waals surface area contributed by atoms with Gasteiger partial charge in [-0.25, -0.2) is 0 Å². The van der Waals surface area contributed by atoms with E-state index in [1.807, 2.05) is 41.8 Å². The quantitative estimate of drug-likeness (QED) is 0.386. The van der Waals surface area contributed by atoms with E-state index in [0.29, 0.717) is 18.4 Å². The summed E-state index contributed by atoms with van der Waals surface area (Å²) in [5.74, 6) is 0.996. The zero-order valence-electron chi connectivity index (χ0n) is 20.0. The molecular weight excluding hydrogens is 458 g/mol. The highest BCUT2D eigenvalue weighted by molar-refractivity contribution is 7.99. The van der Waals surface area contributed by atoms with Gasteiger partial charge in [0.15, 0.2) is 5.16 Å². The fraction of sp³-hybridized carbons (Fsp3) is 0.296. The number of carbonyl (C=O) groups is 1. The van der Waals surface area contributed by atoms with Crippen LogP contribution in [0.2, 0.25) is 0 Å². The number of nitrogens with one attached hydrogen (secondary N) is 1. The zero-order valence-corrected chi connectivity index (χ0v) is 20.8. The Labute approximate surface area is 209 Å². The Morgan fingerprint density at radius 1 is 1.06 bits per heavy atom. The summed E-state index contributed by atoms with van der Waals surface area (Å²) in [6.07, 6.45) is 0. The number of hydrogen-bond acceptors (Lipinski definition) is 6. The highest BCUT2D eigenvalue weighted by Gasteiger charge is 2.23. The van der Waals surface area contributed by atoms with Crippen molar-refractivity contribution in [3.63, 3.8) is 0 Å². The number of morpholine rings is 1. The monoisotopic (exact) mass is 487 g/mol. The van der Waals surface area contributed by atoms with Crippen LogP contribution in [0.4, 0.5) is 5.95 Å². The number of rotatable bonds is 7. The Morgan fingerprint density at radius 2 is 1.83 bits per heavy atom. The number of hydrogen-bond donors (Lipinski definition) is 1. The molecule has 1 fully saturated rings. The number of carbonyl (C=O) groups excluding carboxylic acids is 1. The lowest BCUT2D eigenvalue weighted by Crippen LogP contribution is -2.37. The van der Waals surface area contributed by atoms with Gasteiger partial charge in [0, 0.05) is 13.1 Å². The van der Waals surface area contributed by atoms with Gasteiger partial charge in [-0.2, -0.15) is 0 Å². The number of anilines is 1. The first-order chi connectivity index (χ1) is 17.1. The average Bonchev–Trinajstić information content (AvgIpc) is 3.31. The summed E-state index contributed by atoms with van der Waals surface area (Å²) in [6, 6.07) is 22.6. The highest BCUT2D eigenvalue weighted by Crippen LogP contribution is 2.28. The van der Waals surface area contributed by atoms with Crippen molar-refractivity contribution in [2.45, 2.75) is 25.0 Å². The normalized spacial score (nSPS) is 14.7. The molecule has 1 unspecified atom stereocenters. The van der Waals surface area contributed by atoms with Crippen LogP contribution in [-0.4, -0.2) is 52.7 Å². The van der Waals surface area contributed by atoms with Crippen molar-refractivity contribution in [3.05, 3.63) is 77.9 Å². The molecule has 1 saturated heterocycles. The first-order valence-corrected chi connectivity index (χ1v) is 12.8. The summed E-state index contributed by atoms with van der Waals surface area (Å²) in [4.78, 5) is 15.1. The fourth-order valence-corrected chi connectivity index (χ4v) is 5.19. The van der Waals surface area contributed by atoms with E-state index in [-0.39, 0.29) is 17.7 Å². The molecule has 0 radical (unpaired) electrons. The second kappa shape index (κ2) is 10.5. The maximum absolute atomic E-state index is 12.9. The molecule has 5 rings (SSSR count). The van der Waals surface area contributed by atoms with Crippen molar-refractivity contribution >= 4 is 34.4 Å². The highest BCUT2D eigenvalue weighted by atomic mass is 32.2. The van der Waals surface area contributed by atoms with E-state index >= 15 is 0 Å². The maximum atomic E-state index is 12.9. The number of aryl methyl sites for hydroxylation is 1. The molecule has 0 bridgehead atoms. The molecule has 4 aromatic rings. The first kappa shape index (κ1) is 23.4. The second-order valence-electron chi connectivity index (χ2n) is 8.70. The van der Waals surface area contributed by atoms with Crippen LogP contribution in [0.3, 0.4) is 0 Å². The lowest BCUT2D eigenvalue weighted by molar-refractivity contribution is -0.119. The third kappa shape index (κ3) is 5.18. The predicted octanol–water partition coefficient (Wildman–Crippen LogP) is 4.54. The van der Waals surface area contributed by atoms with Crippen molar-refractivity contribution < 1.29 is 9.53 Å². The number of benzene rings is 3. The number of fused-ring (bicyclic) bond motifs is 1. The summed E-state index contributed by atoms with van der Waals surface area (Å²) in [6.45, 7) is 6.94. The Bertz CT molecular complexity index is 1330. The Hall–Kier alpha value is -3.36. The number of thioether (sulfide) groups is 1. The average molecular weight is 488 g/mol. The molecule has 1 aromatic heterocycles. The Balaban J connectivity index is 1.33. The molecule has 1 aliphatic heterocycles. The van der Waals surface area contributed by atoms with E-state index in [1.54, 1.807) is 0 Å². The molecule has 1 atom stereocenters. The number of amides is 1. The van der Waals surface area contributed by atoms with Crippen LogP contribution >= 0.6 is 11.8 Å². The van der Waals surface area contributed by atoms with E-state index in [4.69, 9.17) is 4.74 Å². The third-order valence-corrected chi connectivity index (χ3v) is 7.10. The summed E-state index contributed by atoms with van der Waals surface area (Å²) in [7, 11) is 0. The molecule has 7 nitrogen and oxygen atoms in total. The number of ether oxygens (including phenoxy) is 1. The SMILES string of the molecule is Cc1cccc(-n2c(SCC(=O)NC(C)c3cccc4ccccc34)nnc2N2CCOCC2)c1. The topological polar surface area (TPSA) is 72.3 Å². The van der Waals surface area contributed by atoms with Crippen molar-refractivity contribution in [1.29, 1.82) is 0 Å². The van der Waals surface area contributed by atoms with Gasteiger partial charge in [0.25, 0.3) is 0 Å². The largest absolute Gasteiger partial charge is 0.378 e. The van der Waals surface area contributed by atoms with Crippen LogP contribution < -0.4 is 10.2 Å². The second-order valence-corrected chi connectivity index (χ2v) is 9.65. The van der Waals surface area contributed by atoms with Crippen LogP contribution in [0, 0.1) is 6.92 Å². The fourth-order valence-electron chi connectivity index (χ4n) is 4.44. The van der Waals surface area contributed by atoms with Crippen LogP contribution in [0.25, 0.3) is 16.5 Å². The molecule has 3 aromatic carbocycles. The minimum Gasteiger partial charge on any atom is -0.378 e. The molecule has 8 heteroatoms. The van der Waals surface area contributed by atoms with Gasteiger partial charge in [-0.05, 0) is 47.9 Å². The molecular formula is C27H29N5O2S. The summed E-state index contributed by atoms with van der Waals surface area (Å²) < 4.78 is 7.56. The van der Waals surface area contributed by atoms with Crippen molar-refractivity contribution in [2.24, 2.45) is 0 Å². The van der Waals surface area contributed by atoms with Gasteiger partial charge in [0.1, 0.15) is 0 Å². The van der Waals surface area contributed by atoms with Gasteiger partial charge in [-0.15, -0.1) is 10.2 Å². The van der Waals surface area contributed by atoms with Crippen LogP contribution in [0.15, 0.2) is 71.9 Å². The van der Waals surface area contributed by atoms with Gasteiger partial charge >= 0.3 is 0 Å². The summed E-state index contributed by atoms with van der Waals surface area (Å²) in [5, 5.41) is 15.1. The molecule has 180 valence electrons. The Morgan fingerprint density at radius 3 is 2.66 bits per heavy atom. The molecule has 0 aliphatic carbocycles. The smallest absolute Gasteiger partial charge is 0.232 e. The molecule has 1 amide bonds. The van der Waals surface area contributed by atoms with Gasteiger partial charge < -0.3 is 15.0 Å². The van der Waals surface area contributed by atoms with Crippen LogP contribution in [0.5, 0.6) is 0 Å². The van der Waals surface area contributed by atoms with Crippen molar-refractivity contribution in [1.82, 2.24) is 20.1 Å². The summed E-state index contributed by atoms with van der Waals surface area (Å²) >= 11 is 1.40. The maximum Gasteiger partial charge on any atom is 0.232 e. The van der Waals surface area contributed by atoms with Crippen molar-refractivity contribution in [2.75, 3.05) is 37.0 Å². The van der Waals surface area contributed by atoms with E-state index in [2.05, 4.69) is 63.7 Å². The van der Waals surface area contributed by atoms with E-state index in [9.17, 15) is 4.79 Å². The third-order valence-electron chi connectivity index (χ3n) is 6.17. The van der Waals surface area contributed by atoms with Gasteiger partial charge in [0.2, 0.25) is 11.9 Å². The predicted molar refractivity (Wildman–Crippen MR) is 140 cm³/mol. The first-order valence-electron chi connectivity index (χ1n) is 11.8. The lowest BCUT2D eigenvalue weighted by atomic mass is 10.00. The summed E-state index contributed by atoms with van der Waals surface area (Å²) in [5.41, 5.74) is 3.25. The molecule has 0 spiro atoms. The minimum absolute atomic E-state index is 0.0397. The van der Waals surface area contributed by atoms with Crippen LogP contribution in [0.1, 0.15) is 24.1 Å². The molecule has 35 heavy (non-hydrogen) atoms. The zero-order chi connectivity index (χ0) is 24.2. The van der Waals surface area contributed by atoms with E-state index in [1.165, 1.54) is 17.1 Å². The number of nitrogens with zero attached hydrogens (tertiary/aromatic N) is 4. The minimum atomic E-state index is -0.104. The van der Waals surface area contributed by atoms with Gasteiger partial charge in [-0.3, -0.25) is 9.36 Å². The molecule has 2 heterocycles. The Kier molecular flexibility index (Phi) is 7.01.